The van der Waals surface area contributed by atoms with Gasteiger partial charge in [-0.25, -0.2) is 13.6 Å². The van der Waals surface area contributed by atoms with Gasteiger partial charge < -0.3 is 4.90 Å². The van der Waals surface area contributed by atoms with E-state index in [0.29, 0.717) is 23.6 Å². The third-order valence-electron chi connectivity index (χ3n) is 2.61. The van der Waals surface area contributed by atoms with Crippen molar-refractivity contribution < 1.29 is 13.2 Å². The summed E-state index contributed by atoms with van der Waals surface area (Å²) >= 11 is 0. The molecule has 1 aromatic carbocycles. The zero-order chi connectivity index (χ0) is 14.8. The lowest BCUT2D eigenvalue weighted by molar-refractivity contribution is 0.0779. The fourth-order valence-corrected chi connectivity index (χ4v) is 2.53. The van der Waals surface area contributed by atoms with Crippen LogP contribution < -0.4 is 5.14 Å². The van der Waals surface area contributed by atoms with E-state index in [1.807, 2.05) is 13.8 Å². The second-order valence-corrected chi connectivity index (χ2v) is 6.72. The molecule has 1 amide bonds. The number of aryl methyl sites for hydroxylation is 1. The van der Waals surface area contributed by atoms with Gasteiger partial charge in [0.25, 0.3) is 5.91 Å². The van der Waals surface area contributed by atoms with E-state index in [9.17, 15) is 13.2 Å². The minimum Gasteiger partial charge on any atom is -0.341 e. The number of amides is 1. The van der Waals surface area contributed by atoms with E-state index in [1.54, 1.807) is 24.9 Å². The van der Waals surface area contributed by atoms with Gasteiger partial charge >= 0.3 is 0 Å². The normalized spacial score (nSPS) is 11.7. The highest BCUT2D eigenvalue weighted by Gasteiger charge is 2.17. The maximum atomic E-state index is 12.2. The number of sulfonamides is 1. The highest BCUT2D eigenvalue weighted by Crippen LogP contribution is 2.15. The molecule has 106 valence electrons. The van der Waals surface area contributed by atoms with Crippen LogP contribution in [-0.2, 0) is 10.0 Å². The average Bonchev–Trinajstić information content (AvgIpc) is 2.25. The standard InChI is InChI=1S/C13H20N2O3S/c1-9(2)8-15(4)13(16)11-5-10(3)6-12(7-11)19(14,17)18/h5-7,9H,8H2,1-4H3,(H2,14,17,18). The Bertz CT molecular complexity index is 580. The first-order valence-electron chi connectivity index (χ1n) is 6.01. The summed E-state index contributed by atoms with van der Waals surface area (Å²) < 4.78 is 22.7. The number of benzene rings is 1. The molecule has 0 aliphatic heterocycles. The summed E-state index contributed by atoms with van der Waals surface area (Å²) in [6, 6.07) is 4.43. The van der Waals surface area contributed by atoms with Crippen LogP contribution in [0.25, 0.3) is 0 Å². The lowest BCUT2D eigenvalue weighted by atomic mass is 10.1. The van der Waals surface area contributed by atoms with E-state index in [4.69, 9.17) is 5.14 Å². The number of hydrogen-bond acceptors (Lipinski definition) is 3. The van der Waals surface area contributed by atoms with Gasteiger partial charge in [0, 0.05) is 19.2 Å². The van der Waals surface area contributed by atoms with Crippen LogP contribution in [0, 0.1) is 12.8 Å². The Kier molecular flexibility index (Phi) is 4.70. The molecule has 0 radical (unpaired) electrons. The Balaban J connectivity index is 3.14. The SMILES string of the molecule is Cc1cc(C(=O)N(C)CC(C)C)cc(S(N)(=O)=O)c1. The topological polar surface area (TPSA) is 80.5 Å². The average molecular weight is 284 g/mol. The van der Waals surface area contributed by atoms with Crippen molar-refractivity contribution in [2.75, 3.05) is 13.6 Å². The molecule has 0 saturated heterocycles. The molecule has 6 heteroatoms. The molecule has 0 atom stereocenters. The van der Waals surface area contributed by atoms with E-state index in [-0.39, 0.29) is 10.8 Å². The van der Waals surface area contributed by atoms with Crippen molar-refractivity contribution in [2.45, 2.75) is 25.7 Å². The minimum atomic E-state index is -3.80. The van der Waals surface area contributed by atoms with Crippen LogP contribution in [0.3, 0.4) is 0 Å². The molecule has 0 spiro atoms. The van der Waals surface area contributed by atoms with Crippen molar-refractivity contribution in [1.82, 2.24) is 4.90 Å². The van der Waals surface area contributed by atoms with Gasteiger partial charge in [-0.3, -0.25) is 4.79 Å². The lowest BCUT2D eigenvalue weighted by Gasteiger charge is -2.20. The summed E-state index contributed by atoms with van der Waals surface area (Å²) in [5.41, 5.74) is 1.03. The maximum absolute atomic E-state index is 12.2. The first kappa shape index (κ1) is 15.7. The van der Waals surface area contributed by atoms with Crippen LogP contribution in [0.15, 0.2) is 23.1 Å². The van der Waals surface area contributed by atoms with Gasteiger partial charge in [-0.05, 0) is 36.6 Å². The second kappa shape index (κ2) is 5.71. The summed E-state index contributed by atoms with van der Waals surface area (Å²) in [5, 5.41) is 5.10. The van der Waals surface area contributed by atoms with E-state index in [2.05, 4.69) is 0 Å². The van der Waals surface area contributed by atoms with E-state index < -0.39 is 10.0 Å². The number of hydrogen-bond donors (Lipinski definition) is 1. The molecule has 0 bridgehead atoms. The first-order valence-corrected chi connectivity index (χ1v) is 7.56. The number of carbonyl (C=O) groups is 1. The Hall–Kier alpha value is -1.40. The summed E-state index contributed by atoms with van der Waals surface area (Å²) in [6.07, 6.45) is 0. The molecule has 0 aliphatic carbocycles. The zero-order valence-electron chi connectivity index (χ0n) is 11.7. The molecule has 0 unspecified atom stereocenters. The van der Waals surface area contributed by atoms with Crippen LogP contribution in [-0.4, -0.2) is 32.8 Å². The van der Waals surface area contributed by atoms with Crippen molar-refractivity contribution in [1.29, 1.82) is 0 Å². The number of carbonyl (C=O) groups excluding carboxylic acids is 1. The predicted molar refractivity (Wildman–Crippen MR) is 74.4 cm³/mol. The van der Waals surface area contributed by atoms with Crippen molar-refractivity contribution in [2.24, 2.45) is 11.1 Å². The van der Waals surface area contributed by atoms with Crippen LogP contribution in [0.5, 0.6) is 0 Å². The molecular weight excluding hydrogens is 264 g/mol. The van der Waals surface area contributed by atoms with Crippen molar-refractivity contribution in [3.8, 4) is 0 Å². The minimum absolute atomic E-state index is 0.0335. The Morgan fingerprint density at radius 1 is 1.32 bits per heavy atom. The van der Waals surface area contributed by atoms with Gasteiger partial charge in [0.05, 0.1) is 4.90 Å². The summed E-state index contributed by atoms with van der Waals surface area (Å²) in [7, 11) is -2.11. The third-order valence-corrected chi connectivity index (χ3v) is 3.50. The molecule has 0 aliphatic rings. The van der Waals surface area contributed by atoms with Crippen LogP contribution in [0.2, 0.25) is 0 Å². The van der Waals surface area contributed by atoms with Gasteiger partial charge in [-0.1, -0.05) is 13.8 Å². The molecule has 1 rings (SSSR count). The van der Waals surface area contributed by atoms with Crippen molar-refractivity contribution in [3.63, 3.8) is 0 Å². The second-order valence-electron chi connectivity index (χ2n) is 5.16. The molecule has 19 heavy (non-hydrogen) atoms. The molecule has 2 N–H and O–H groups in total. The largest absolute Gasteiger partial charge is 0.341 e. The molecule has 1 aromatic rings. The van der Waals surface area contributed by atoms with Gasteiger partial charge in [0.2, 0.25) is 10.0 Å². The van der Waals surface area contributed by atoms with E-state index in [1.165, 1.54) is 12.1 Å². The monoisotopic (exact) mass is 284 g/mol. The van der Waals surface area contributed by atoms with Crippen LogP contribution in [0.4, 0.5) is 0 Å². The number of primary sulfonamides is 1. The van der Waals surface area contributed by atoms with E-state index >= 15 is 0 Å². The molecule has 0 aromatic heterocycles. The van der Waals surface area contributed by atoms with Crippen molar-refractivity contribution >= 4 is 15.9 Å². The maximum Gasteiger partial charge on any atom is 0.253 e. The smallest absolute Gasteiger partial charge is 0.253 e. The summed E-state index contributed by atoms with van der Waals surface area (Å²) in [5.74, 6) is 0.138. The molecule has 0 heterocycles. The van der Waals surface area contributed by atoms with Gasteiger partial charge in [-0.2, -0.15) is 0 Å². The van der Waals surface area contributed by atoms with Gasteiger partial charge in [0.1, 0.15) is 0 Å². The highest BCUT2D eigenvalue weighted by atomic mass is 32.2. The molecular formula is C13H20N2O3S. The molecule has 0 saturated carbocycles. The third kappa shape index (κ3) is 4.33. The Morgan fingerprint density at radius 2 is 1.89 bits per heavy atom. The highest BCUT2D eigenvalue weighted by molar-refractivity contribution is 7.89. The quantitative estimate of drug-likeness (QED) is 0.906. The Morgan fingerprint density at radius 3 is 2.37 bits per heavy atom. The zero-order valence-corrected chi connectivity index (χ0v) is 12.5. The van der Waals surface area contributed by atoms with Crippen LogP contribution >= 0.6 is 0 Å². The van der Waals surface area contributed by atoms with Gasteiger partial charge in [-0.15, -0.1) is 0 Å². The number of nitrogens with two attached hydrogens (primary N) is 1. The number of rotatable bonds is 4. The van der Waals surface area contributed by atoms with Gasteiger partial charge in [0.15, 0.2) is 0 Å². The summed E-state index contributed by atoms with van der Waals surface area (Å²) in [6.45, 7) is 6.36. The molecule has 5 nitrogen and oxygen atoms in total. The van der Waals surface area contributed by atoms with E-state index in [0.717, 1.165) is 0 Å². The predicted octanol–water partition coefficient (Wildman–Crippen LogP) is 1.37. The summed E-state index contributed by atoms with van der Waals surface area (Å²) in [4.78, 5) is 13.7. The lowest BCUT2D eigenvalue weighted by Crippen LogP contribution is -2.30. The Labute approximate surface area is 114 Å². The molecule has 0 fully saturated rings. The van der Waals surface area contributed by atoms with Crippen LogP contribution in [0.1, 0.15) is 29.8 Å². The fourth-order valence-electron chi connectivity index (χ4n) is 1.89. The van der Waals surface area contributed by atoms with Crippen molar-refractivity contribution in [3.05, 3.63) is 29.3 Å². The number of nitrogens with zero attached hydrogens (tertiary/aromatic N) is 1. The fraction of sp³-hybridized carbons (Fsp3) is 0.462. The first-order chi connectivity index (χ1) is 8.61.